The molecule has 1 amide bonds. The third kappa shape index (κ3) is 3.37. The molecule has 1 aliphatic rings. The van der Waals surface area contributed by atoms with Gasteiger partial charge < -0.3 is 15.5 Å². The first-order valence-electron chi connectivity index (χ1n) is 5.95. The van der Waals surface area contributed by atoms with Gasteiger partial charge in [-0.3, -0.25) is 0 Å². The van der Waals surface area contributed by atoms with Crippen molar-refractivity contribution in [1.29, 1.82) is 0 Å². The monoisotopic (exact) mass is 229 g/mol. The number of nitrogens with one attached hydrogen (secondary N) is 1. The maximum atomic E-state index is 10.8. The lowest BCUT2D eigenvalue weighted by Crippen LogP contribution is -2.47. The summed E-state index contributed by atoms with van der Waals surface area (Å²) in [5.74, 6) is 0.707. The van der Waals surface area contributed by atoms with E-state index in [4.69, 9.17) is 10.2 Å². The lowest BCUT2D eigenvalue weighted by Gasteiger charge is -2.35. The van der Waals surface area contributed by atoms with Crippen molar-refractivity contribution < 1.29 is 15.0 Å². The second-order valence-corrected chi connectivity index (χ2v) is 5.91. The molecule has 1 rings (SSSR count). The number of carboxylic acid groups (broad SMARTS) is 1. The Labute approximate surface area is 97.0 Å². The van der Waals surface area contributed by atoms with Crippen molar-refractivity contribution in [1.82, 2.24) is 5.32 Å². The molecule has 1 aliphatic carbocycles. The van der Waals surface area contributed by atoms with Crippen LogP contribution in [-0.2, 0) is 0 Å². The molecule has 0 bridgehead atoms. The molecule has 0 radical (unpaired) electrons. The van der Waals surface area contributed by atoms with Crippen LogP contribution in [0.15, 0.2) is 0 Å². The highest BCUT2D eigenvalue weighted by atomic mass is 16.4. The van der Waals surface area contributed by atoms with E-state index in [1.807, 2.05) is 0 Å². The van der Waals surface area contributed by atoms with Crippen molar-refractivity contribution in [2.24, 2.45) is 17.3 Å². The van der Waals surface area contributed by atoms with Gasteiger partial charge in [0.15, 0.2) is 0 Å². The van der Waals surface area contributed by atoms with Gasteiger partial charge in [0, 0.05) is 12.6 Å². The molecule has 0 aromatic rings. The van der Waals surface area contributed by atoms with Gasteiger partial charge in [-0.25, -0.2) is 4.79 Å². The van der Waals surface area contributed by atoms with Crippen LogP contribution in [0.25, 0.3) is 0 Å². The standard InChI is InChI=1S/C12H23NO3/c1-12(2,3)10(13-11(15)16)9-5-4-8(6-9)7-14/h8-10,13-14H,4-7H2,1-3H3,(H,15,16)/t8-,9-,10?/m1/s1. The van der Waals surface area contributed by atoms with Crippen LogP contribution in [0.1, 0.15) is 40.0 Å². The Morgan fingerprint density at radius 2 is 2.06 bits per heavy atom. The summed E-state index contributed by atoms with van der Waals surface area (Å²) in [7, 11) is 0. The third-order valence-corrected chi connectivity index (χ3v) is 3.52. The van der Waals surface area contributed by atoms with Crippen LogP contribution in [0.3, 0.4) is 0 Å². The Morgan fingerprint density at radius 1 is 1.44 bits per heavy atom. The zero-order valence-corrected chi connectivity index (χ0v) is 10.4. The number of aliphatic hydroxyl groups is 1. The summed E-state index contributed by atoms with van der Waals surface area (Å²) in [5.41, 5.74) is -0.0760. The smallest absolute Gasteiger partial charge is 0.404 e. The molecule has 0 saturated heterocycles. The Bertz CT molecular complexity index is 247. The molecular formula is C12H23NO3. The second kappa shape index (κ2) is 5.04. The maximum absolute atomic E-state index is 10.8. The van der Waals surface area contributed by atoms with E-state index in [0.29, 0.717) is 11.8 Å². The molecule has 0 aromatic carbocycles. The van der Waals surface area contributed by atoms with E-state index < -0.39 is 6.09 Å². The normalized spacial score (nSPS) is 27.8. The first-order chi connectivity index (χ1) is 7.34. The molecule has 0 aromatic heterocycles. The second-order valence-electron chi connectivity index (χ2n) is 5.91. The molecule has 0 spiro atoms. The summed E-state index contributed by atoms with van der Waals surface area (Å²) in [6.45, 7) is 6.39. The SMILES string of the molecule is CC(C)(C)C(NC(=O)O)[C@@H]1CC[C@@H](CO)C1. The highest BCUT2D eigenvalue weighted by Gasteiger charge is 2.37. The number of rotatable bonds is 3. The zero-order valence-electron chi connectivity index (χ0n) is 10.4. The quantitative estimate of drug-likeness (QED) is 0.694. The number of carbonyl (C=O) groups is 1. The number of hydrogen-bond acceptors (Lipinski definition) is 2. The Morgan fingerprint density at radius 3 is 2.44 bits per heavy atom. The van der Waals surface area contributed by atoms with Gasteiger partial charge in [0.25, 0.3) is 0 Å². The van der Waals surface area contributed by atoms with Crippen LogP contribution in [0.2, 0.25) is 0 Å². The molecule has 3 atom stereocenters. The Hall–Kier alpha value is -0.770. The molecule has 1 unspecified atom stereocenters. The summed E-state index contributed by atoms with van der Waals surface area (Å²) in [4.78, 5) is 10.8. The lowest BCUT2D eigenvalue weighted by atomic mass is 9.78. The first-order valence-corrected chi connectivity index (χ1v) is 5.95. The van der Waals surface area contributed by atoms with E-state index in [9.17, 15) is 4.79 Å². The van der Waals surface area contributed by atoms with Gasteiger partial charge in [0.05, 0.1) is 0 Å². The van der Waals surface area contributed by atoms with E-state index >= 15 is 0 Å². The molecule has 94 valence electrons. The predicted octanol–water partition coefficient (Wildman–Crippen LogP) is 2.08. The summed E-state index contributed by atoms with van der Waals surface area (Å²) < 4.78 is 0. The van der Waals surface area contributed by atoms with Gasteiger partial charge >= 0.3 is 6.09 Å². The van der Waals surface area contributed by atoms with Crippen LogP contribution in [0.5, 0.6) is 0 Å². The summed E-state index contributed by atoms with van der Waals surface area (Å²) in [6, 6.07) is -0.0263. The molecule has 0 aliphatic heterocycles. The Kier molecular flexibility index (Phi) is 4.19. The van der Waals surface area contributed by atoms with Crippen molar-refractivity contribution in [2.75, 3.05) is 6.61 Å². The molecule has 3 N–H and O–H groups in total. The summed E-state index contributed by atoms with van der Waals surface area (Å²) >= 11 is 0. The van der Waals surface area contributed by atoms with Crippen molar-refractivity contribution in [3.63, 3.8) is 0 Å². The van der Waals surface area contributed by atoms with Crippen LogP contribution >= 0.6 is 0 Å². The van der Waals surface area contributed by atoms with Crippen molar-refractivity contribution >= 4 is 6.09 Å². The van der Waals surface area contributed by atoms with Crippen molar-refractivity contribution in [3.8, 4) is 0 Å². The van der Waals surface area contributed by atoms with E-state index in [1.54, 1.807) is 0 Å². The fraction of sp³-hybridized carbons (Fsp3) is 0.917. The molecule has 0 heterocycles. The number of amides is 1. The van der Waals surface area contributed by atoms with Gasteiger partial charge in [-0.15, -0.1) is 0 Å². The van der Waals surface area contributed by atoms with Crippen molar-refractivity contribution in [2.45, 2.75) is 46.1 Å². The minimum absolute atomic E-state index is 0.0263. The summed E-state index contributed by atoms with van der Waals surface area (Å²) in [6.07, 6.45) is 1.99. The highest BCUT2D eigenvalue weighted by Crippen LogP contribution is 2.38. The molecule has 1 fully saturated rings. The zero-order chi connectivity index (χ0) is 12.3. The van der Waals surface area contributed by atoms with Gasteiger partial charge in [-0.2, -0.15) is 0 Å². The van der Waals surface area contributed by atoms with Gasteiger partial charge in [-0.1, -0.05) is 20.8 Å². The fourth-order valence-corrected chi connectivity index (χ4v) is 2.76. The van der Waals surface area contributed by atoms with Crippen LogP contribution in [-0.4, -0.2) is 29.0 Å². The van der Waals surface area contributed by atoms with Gasteiger partial charge in [-0.05, 0) is 36.5 Å². The largest absolute Gasteiger partial charge is 0.465 e. The Balaban J connectivity index is 2.67. The highest BCUT2D eigenvalue weighted by molar-refractivity contribution is 5.65. The average Bonchev–Trinajstić information content (AvgIpc) is 2.60. The van der Waals surface area contributed by atoms with Crippen molar-refractivity contribution in [3.05, 3.63) is 0 Å². The average molecular weight is 229 g/mol. The van der Waals surface area contributed by atoms with Gasteiger partial charge in [0.2, 0.25) is 0 Å². The van der Waals surface area contributed by atoms with E-state index in [-0.39, 0.29) is 18.1 Å². The maximum Gasteiger partial charge on any atom is 0.404 e. The van der Waals surface area contributed by atoms with E-state index in [0.717, 1.165) is 19.3 Å². The van der Waals surface area contributed by atoms with E-state index in [2.05, 4.69) is 26.1 Å². The van der Waals surface area contributed by atoms with Gasteiger partial charge in [0.1, 0.15) is 0 Å². The molecule has 4 nitrogen and oxygen atoms in total. The first kappa shape index (κ1) is 13.3. The minimum atomic E-state index is -0.952. The fourth-order valence-electron chi connectivity index (χ4n) is 2.76. The lowest BCUT2D eigenvalue weighted by molar-refractivity contribution is 0.149. The molecule has 4 heteroatoms. The van der Waals surface area contributed by atoms with Crippen LogP contribution < -0.4 is 5.32 Å². The molecule has 1 saturated carbocycles. The number of hydrogen-bond donors (Lipinski definition) is 3. The minimum Gasteiger partial charge on any atom is -0.465 e. The third-order valence-electron chi connectivity index (χ3n) is 3.52. The molecular weight excluding hydrogens is 206 g/mol. The van der Waals surface area contributed by atoms with Crippen LogP contribution in [0.4, 0.5) is 4.79 Å². The number of aliphatic hydroxyl groups excluding tert-OH is 1. The van der Waals surface area contributed by atoms with Crippen LogP contribution in [0, 0.1) is 17.3 Å². The topological polar surface area (TPSA) is 69.6 Å². The van der Waals surface area contributed by atoms with E-state index in [1.165, 1.54) is 0 Å². The summed E-state index contributed by atoms with van der Waals surface area (Å²) in [5, 5.41) is 20.6. The molecule has 16 heavy (non-hydrogen) atoms. The predicted molar refractivity (Wildman–Crippen MR) is 62.3 cm³/mol.